The van der Waals surface area contributed by atoms with Gasteiger partial charge in [0.05, 0.1) is 5.41 Å². The van der Waals surface area contributed by atoms with E-state index in [1.807, 2.05) is 54.6 Å². The van der Waals surface area contributed by atoms with Crippen LogP contribution in [-0.2, 0) is 10.2 Å². The first-order valence-electron chi connectivity index (χ1n) is 6.56. The fraction of sp³-hybridized carbons (Fsp3) is 0.235. The smallest absolute Gasteiger partial charge is 0.140 e. The summed E-state index contributed by atoms with van der Waals surface area (Å²) in [5.41, 5.74) is 0.720. The molecule has 3 rings (SSSR count). The molecule has 2 aromatic rings. The molecular formula is C17H16O2. The van der Waals surface area contributed by atoms with E-state index in [0.29, 0.717) is 0 Å². The van der Waals surface area contributed by atoms with Crippen LogP contribution < -0.4 is 4.74 Å². The number of ether oxygens (including phenoxy) is 1. The lowest BCUT2D eigenvalue weighted by molar-refractivity contribution is -0.119. The minimum Gasteiger partial charge on any atom is -0.457 e. The lowest BCUT2D eigenvalue weighted by Crippen LogP contribution is -2.17. The van der Waals surface area contributed by atoms with Gasteiger partial charge >= 0.3 is 0 Å². The summed E-state index contributed by atoms with van der Waals surface area (Å²) in [6, 6.07) is 17.5. The number of Topliss-reactive ketones (excluding diaryl/α,β-unsaturated/α-hetero) is 1. The van der Waals surface area contributed by atoms with E-state index in [-0.39, 0.29) is 11.2 Å². The first-order valence-corrected chi connectivity index (χ1v) is 6.56. The van der Waals surface area contributed by atoms with Crippen molar-refractivity contribution in [2.24, 2.45) is 0 Å². The Balaban J connectivity index is 1.97. The average Bonchev–Trinajstić information content (AvgIpc) is 3.22. The third kappa shape index (κ3) is 2.14. The molecule has 0 amide bonds. The van der Waals surface area contributed by atoms with Crippen LogP contribution in [-0.4, -0.2) is 5.78 Å². The fourth-order valence-corrected chi connectivity index (χ4v) is 2.50. The van der Waals surface area contributed by atoms with Gasteiger partial charge in [-0.05, 0) is 38.0 Å². The summed E-state index contributed by atoms with van der Waals surface area (Å²) in [6.07, 6.45) is 1.86. The standard InChI is InChI=1S/C17H16O2/c1-13(18)17(11-12-17)15-9-5-6-10-16(15)19-14-7-3-2-4-8-14/h2-10H,11-12H2,1H3. The largest absolute Gasteiger partial charge is 0.457 e. The van der Waals surface area contributed by atoms with Crippen molar-refractivity contribution >= 4 is 5.78 Å². The third-order valence-corrected chi connectivity index (χ3v) is 3.80. The SMILES string of the molecule is CC(=O)C1(c2ccccc2Oc2ccccc2)CC1. The number of carbonyl (C=O) groups is 1. The van der Waals surface area contributed by atoms with Crippen LogP contribution in [0.2, 0.25) is 0 Å². The predicted molar refractivity (Wildman–Crippen MR) is 74.6 cm³/mol. The minimum atomic E-state index is -0.300. The van der Waals surface area contributed by atoms with Gasteiger partial charge in [-0.1, -0.05) is 36.4 Å². The minimum absolute atomic E-state index is 0.233. The monoisotopic (exact) mass is 252 g/mol. The van der Waals surface area contributed by atoms with Gasteiger partial charge in [-0.2, -0.15) is 0 Å². The molecule has 1 saturated carbocycles. The summed E-state index contributed by atoms with van der Waals surface area (Å²) in [7, 11) is 0. The van der Waals surface area contributed by atoms with Crippen molar-refractivity contribution in [2.75, 3.05) is 0 Å². The van der Waals surface area contributed by atoms with Crippen LogP contribution in [0.15, 0.2) is 54.6 Å². The van der Waals surface area contributed by atoms with Crippen LogP contribution in [0.3, 0.4) is 0 Å². The van der Waals surface area contributed by atoms with E-state index in [9.17, 15) is 4.79 Å². The summed E-state index contributed by atoms with van der Waals surface area (Å²) in [4.78, 5) is 11.9. The third-order valence-electron chi connectivity index (χ3n) is 3.80. The molecule has 0 heterocycles. The van der Waals surface area contributed by atoms with E-state index in [2.05, 4.69) is 0 Å². The summed E-state index contributed by atoms with van der Waals surface area (Å²) < 4.78 is 5.93. The molecule has 0 unspecified atom stereocenters. The van der Waals surface area contributed by atoms with Crippen LogP contribution in [0.5, 0.6) is 11.5 Å². The van der Waals surface area contributed by atoms with E-state index in [0.717, 1.165) is 29.9 Å². The molecule has 96 valence electrons. The molecule has 0 radical (unpaired) electrons. The Labute approximate surface area is 113 Å². The molecule has 1 aliphatic rings. The van der Waals surface area contributed by atoms with Gasteiger partial charge in [0.1, 0.15) is 17.3 Å². The van der Waals surface area contributed by atoms with Crippen molar-refractivity contribution in [3.8, 4) is 11.5 Å². The number of hydrogen-bond donors (Lipinski definition) is 0. The van der Waals surface area contributed by atoms with Gasteiger partial charge in [0.15, 0.2) is 0 Å². The molecule has 2 aromatic carbocycles. The Bertz CT molecular complexity index is 598. The van der Waals surface area contributed by atoms with Crippen LogP contribution >= 0.6 is 0 Å². The summed E-state index contributed by atoms with van der Waals surface area (Å²) in [5.74, 6) is 1.83. The van der Waals surface area contributed by atoms with Crippen LogP contribution in [0, 0.1) is 0 Å². The van der Waals surface area contributed by atoms with Gasteiger partial charge in [-0.3, -0.25) is 4.79 Å². The Morgan fingerprint density at radius 2 is 1.63 bits per heavy atom. The molecule has 0 saturated heterocycles. The maximum Gasteiger partial charge on any atom is 0.140 e. The Morgan fingerprint density at radius 1 is 1.00 bits per heavy atom. The highest BCUT2D eigenvalue weighted by Gasteiger charge is 2.50. The van der Waals surface area contributed by atoms with Crippen molar-refractivity contribution < 1.29 is 9.53 Å². The normalized spacial score (nSPS) is 15.8. The zero-order chi connectivity index (χ0) is 13.3. The second-order valence-corrected chi connectivity index (χ2v) is 5.05. The van der Waals surface area contributed by atoms with E-state index < -0.39 is 0 Å². The second-order valence-electron chi connectivity index (χ2n) is 5.05. The second kappa shape index (κ2) is 4.54. The molecule has 0 aliphatic heterocycles. The van der Waals surface area contributed by atoms with Gasteiger partial charge in [0, 0.05) is 5.56 Å². The maximum absolute atomic E-state index is 11.9. The van der Waals surface area contributed by atoms with Gasteiger partial charge in [-0.15, -0.1) is 0 Å². The first kappa shape index (κ1) is 12.0. The Morgan fingerprint density at radius 3 is 2.26 bits per heavy atom. The molecule has 1 aliphatic carbocycles. The molecule has 2 nitrogen and oxygen atoms in total. The van der Waals surface area contributed by atoms with Crippen molar-refractivity contribution in [1.82, 2.24) is 0 Å². The number of rotatable bonds is 4. The lowest BCUT2D eigenvalue weighted by Gasteiger charge is -2.17. The maximum atomic E-state index is 11.9. The quantitative estimate of drug-likeness (QED) is 0.818. The number of para-hydroxylation sites is 2. The van der Waals surface area contributed by atoms with Gasteiger partial charge in [0.25, 0.3) is 0 Å². The molecule has 0 aromatic heterocycles. The van der Waals surface area contributed by atoms with E-state index in [1.165, 1.54) is 0 Å². The average molecular weight is 252 g/mol. The van der Waals surface area contributed by atoms with Crippen molar-refractivity contribution in [3.05, 3.63) is 60.2 Å². The van der Waals surface area contributed by atoms with Gasteiger partial charge in [0.2, 0.25) is 0 Å². The molecular weight excluding hydrogens is 236 g/mol. The Hall–Kier alpha value is -2.09. The Kier molecular flexibility index (Phi) is 2.86. The van der Waals surface area contributed by atoms with Crippen molar-refractivity contribution in [3.63, 3.8) is 0 Å². The van der Waals surface area contributed by atoms with Crippen LogP contribution in [0.25, 0.3) is 0 Å². The van der Waals surface area contributed by atoms with Crippen molar-refractivity contribution in [2.45, 2.75) is 25.2 Å². The van der Waals surface area contributed by atoms with Crippen molar-refractivity contribution in [1.29, 1.82) is 0 Å². The summed E-state index contributed by atoms with van der Waals surface area (Å²) in [6.45, 7) is 1.67. The highest BCUT2D eigenvalue weighted by Crippen LogP contribution is 2.52. The summed E-state index contributed by atoms with van der Waals surface area (Å²) in [5, 5.41) is 0. The highest BCUT2D eigenvalue weighted by atomic mass is 16.5. The highest BCUT2D eigenvalue weighted by molar-refractivity contribution is 5.91. The zero-order valence-corrected chi connectivity index (χ0v) is 10.9. The molecule has 0 spiro atoms. The van der Waals surface area contributed by atoms with Crippen LogP contribution in [0.1, 0.15) is 25.3 Å². The lowest BCUT2D eigenvalue weighted by atomic mass is 9.91. The van der Waals surface area contributed by atoms with Gasteiger partial charge in [-0.25, -0.2) is 0 Å². The topological polar surface area (TPSA) is 26.3 Å². The molecule has 0 N–H and O–H groups in total. The summed E-state index contributed by atoms with van der Waals surface area (Å²) >= 11 is 0. The first-order chi connectivity index (χ1) is 9.22. The fourth-order valence-electron chi connectivity index (χ4n) is 2.50. The number of hydrogen-bond acceptors (Lipinski definition) is 2. The van der Waals surface area contributed by atoms with E-state index in [1.54, 1.807) is 6.92 Å². The number of benzene rings is 2. The van der Waals surface area contributed by atoms with Gasteiger partial charge < -0.3 is 4.74 Å². The predicted octanol–water partition coefficient (Wildman–Crippen LogP) is 4.10. The molecule has 0 bridgehead atoms. The zero-order valence-electron chi connectivity index (χ0n) is 10.9. The number of ketones is 1. The molecule has 0 atom stereocenters. The molecule has 2 heteroatoms. The van der Waals surface area contributed by atoms with E-state index in [4.69, 9.17) is 4.74 Å². The molecule has 19 heavy (non-hydrogen) atoms. The number of carbonyl (C=O) groups excluding carboxylic acids is 1. The van der Waals surface area contributed by atoms with Crippen LogP contribution in [0.4, 0.5) is 0 Å². The van der Waals surface area contributed by atoms with E-state index >= 15 is 0 Å². The molecule has 1 fully saturated rings.